The summed E-state index contributed by atoms with van der Waals surface area (Å²) in [4.78, 5) is 9.45. The van der Waals surface area contributed by atoms with Crippen LogP contribution >= 0.6 is 23.5 Å². The molecular formula is C16H14N2S2. The lowest BCUT2D eigenvalue weighted by Gasteiger charge is -2.14. The summed E-state index contributed by atoms with van der Waals surface area (Å²) in [7, 11) is 0. The van der Waals surface area contributed by atoms with Crippen molar-refractivity contribution in [2.45, 2.75) is 0 Å². The summed E-state index contributed by atoms with van der Waals surface area (Å²) in [6, 6.07) is 20.1. The zero-order valence-corrected chi connectivity index (χ0v) is 12.5. The molecule has 0 radical (unpaired) electrons. The van der Waals surface area contributed by atoms with Crippen molar-refractivity contribution >= 4 is 45.0 Å². The molecule has 1 saturated heterocycles. The first kappa shape index (κ1) is 13.5. The van der Waals surface area contributed by atoms with Crippen LogP contribution in [-0.4, -0.2) is 21.6 Å². The predicted molar refractivity (Wildman–Crippen MR) is 92.0 cm³/mol. The van der Waals surface area contributed by atoms with Gasteiger partial charge in [0.2, 0.25) is 0 Å². The van der Waals surface area contributed by atoms with E-state index in [0.717, 1.165) is 33.0 Å². The van der Waals surface area contributed by atoms with Gasteiger partial charge < -0.3 is 0 Å². The molecule has 3 rings (SSSR count). The van der Waals surface area contributed by atoms with E-state index in [1.54, 1.807) is 23.5 Å². The topological polar surface area (TPSA) is 24.7 Å². The predicted octanol–water partition coefficient (Wildman–Crippen LogP) is 4.93. The molecule has 1 heterocycles. The van der Waals surface area contributed by atoms with Crippen molar-refractivity contribution in [2.24, 2.45) is 9.98 Å². The van der Waals surface area contributed by atoms with Crippen molar-refractivity contribution in [1.82, 2.24) is 0 Å². The molecule has 100 valence electrons. The molecule has 4 heteroatoms. The third-order valence-corrected chi connectivity index (χ3v) is 5.04. The third-order valence-electron chi connectivity index (χ3n) is 2.72. The molecule has 0 aromatic heterocycles. The van der Waals surface area contributed by atoms with Crippen LogP contribution < -0.4 is 0 Å². The molecular weight excluding hydrogens is 284 g/mol. The number of thioether (sulfide) groups is 2. The van der Waals surface area contributed by atoms with Gasteiger partial charge in [-0.1, -0.05) is 36.4 Å². The van der Waals surface area contributed by atoms with Crippen molar-refractivity contribution in [3.8, 4) is 0 Å². The van der Waals surface area contributed by atoms with Gasteiger partial charge in [0.25, 0.3) is 0 Å². The number of hydrogen-bond donors (Lipinski definition) is 0. The van der Waals surface area contributed by atoms with Gasteiger partial charge in [0, 0.05) is 11.5 Å². The number of nitrogens with zero attached hydrogens (tertiary/aromatic N) is 2. The summed E-state index contributed by atoms with van der Waals surface area (Å²) in [5.41, 5.74) is 1.97. The maximum Gasteiger partial charge on any atom is 0.129 e. The summed E-state index contributed by atoms with van der Waals surface area (Å²) >= 11 is 3.57. The molecule has 0 spiro atoms. The fraction of sp³-hybridized carbons (Fsp3) is 0.125. The zero-order valence-electron chi connectivity index (χ0n) is 10.9. The number of benzene rings is 2. The maximum absolute atomic E-state index is 4.72. The molecule has 2 aromatic carbocycles. The average molecular weight is 298 g/mol. The Morgan fingerprint density at radius 1 is 0.600 bits per heavy atom. The molecule has 0 atom stereocenters. The van der Waals surface area contributed by atoms with Gasteiger partial charge in [0.15, 0.2) is 0 Å². The van der Waals surface area contributed by atoms with Crippen molar-refractivity contribution in [3.05, 3.63) is 60.7 Å². The van der Waals surface area contributed by atoms with Gasteiger partial charge in [0.05, 0.1) is 11.4 Å². The highest BCUT2D eigenvalue weighted by molar-refractivity contribution is 8.27. The molecule has 0 unspecified atom stereocenters. The molecule has 1 fully saturated rings. The highest BCUT2D eigenvalue weighted by Crippen LogP contribution is 2.27. The monoisotopic (exact) mass is 298 g/mol. The lowest BCUT2D eigenvalue weighted by atomic mass is 10.3. The van der Waals surface area contributed by atoms with Crippen LogP contribution in [0.15, 0.2) is 70.6 Å². The Labute approximate surface area is 127 Å². The van der Waals surface area contributed by atoms with Crippen molar-refractivity contribution in [1.29, 1.82) is 0 Å². The Bertz CT molecular complexity index is 564. The Balaban J connectivity index is 1.92. The Kier molecular flexibility index (Phi) is 4.56. The lowest BCUT2D eigenvalue weighted by Crippen LogP contribution is -2.14. The number of hydrogen-bond acceptors (Lipinski definition) is 4. The SMILES string of the molecule is c1ccc(N=C2SCCSC2=Nc2ccccc2)cc1. The van der Waals surface area contributed by atoms with Crippen LogP contribution in [0.2, 0.25) is 0 Å². The van der Waals surface area contributed by atoms with E-state index in [2.05, 4.69) is 0 Å². The average Bonchev–Trinajstić information content (AvgIpc) is 2.51. The van der Waals surface area contributed by atoms with Crippen LogP contribution in [0, 0.1) is 0 Å². The van der Waals surface area contributed by atoms with Crippen LogP contribution in [0.5, 0.6) is 0 Å². The highest BCUT2D eigenvalue weighted by Gasteiger charge is 2.16. The Morgan fingerprint density at radius 2 is 1.00 bits per heavy atom. The van der Waals surface area contributed by atoms with Crippen molar-refractivity contribution in [3.63, 3.8) is 0 Å². The first-order valence-electron chi connectivity index (χ1n) is 6.45. The largest absolute Gasteiger partial charge is 0.239 e. The van der Waals surface area contributed by atoms with E-state index in [1.165, 1.54) is 0 Å². The highest BCUT2D eigenvalue weighted by atomic mass is 32.2. The summed E-state index contributed by atoms with van der Waals surface area (Å²) < 4.78 is 0. The molecule has 0 saturated carbocycles. The summed E-state index contributed by atoms with van der Waals surface area (Å²) in [6.07, 6.45) is 0. The minimum absolute atomic E-state index is 0.985. The van der Waals surface area contributed by atoms with Gasteiger partial charge in [-0.15, -0.1) is 23.5 Å². The third kappa shape index (κ3) is 3.52. The minimum Gasteiger partial charge on any atom is -0.239 e. The molecule has 20 heavy (non-hydrogen) atoms. The van der Waals surface area contributed by atoms with Crippen molar-refractivity contribution in [2.75, 3.05) is 11.5 Å². The lowest BCUT2D eigenvalue weighted by molar-refractivity contribution is 1.51. The van der Waals surface area contributed by atoms with E-state index >= 15 is 0 Å². The van der Waals surface area contributed by atoms with Gasteiger partial charge in [-0.2, -0.15) is 0 Å². The van der Waals surface area contributed by atoms with E-state index in [-0.39, 0.29) is 0 Å². The zero-order chi connectivity index (χ0) is 13.6. The molecule has 2 nitrogen and oxygen atoms in total. The second-order valence-electron chi connectivity index (χ2n) is 4.20. The normalized spacial score (nSPS) is 19.4. The van der Waals surface area contributed by atoms with Gasteiger partial charge in [-0.25, -0.2) is 9.98 Å². The van der Waals surface area contributed by atoms with E-state index in [4.69, 9.17) is 9.98 Å². The molecule has 0 aliphatic carbocycles. The van der Waals surface area contributed by atoms with Gasteiger partial charge in [0.1, 0.15) is 10.1 Å². The smallest absolute Gasteiger partial charge is 0.129 e. The molecule has 0 amide bonds. The first-order chi connectivity index (χ1) is 9.92. The van der Waals surface area contributed by atoms with E-state index in [1.807, 2.05) is 60.7 Å². The van der Waals surface area contributed by atoms with Gasteiger partial charge in [-0.05, 0) is 24.3 Å². The van der Waals surface area contributed by atoms with Gasteiger partial charge >= 0.3 is 0 Å². The first-order valence-corrected chi connectivity index (χ1v) is 8.42. The van der Waals surface area contributed by atoms with Crippen LogP contribution in [0.25, 0.3) is 0 Å². The number of rotatable bonds is 2. The van der Waals surface area contributed by atoms with Crippen LogP contribution in [0.1, 0.15) is 0 Å². The van der Waals surface area contributed by atoms with Crippen LogP contribution in [-0.2, 0) is 0 Å². The van der Waals surface area contributed by atoms with E-state index in [0.29, 0.717) is 0 Å². The second kappa shape index (κ2) is 6.77. The van der Waals surface area contributed by atoms with Gasteiger partial charge in [-0.3, -0.25) is 0 Å². The number of aliphatic imine (C=N–C) groups is 2. The molecule has 1 aliphatic rings. The van der Waals surface area contributed by atoms with E-state index in [9.17, 15) is 0 Å². The number of para-hydroxylation sites is 2. The summed E-state index contributed by atoms with van der Waals surface area (Å²) in [5.74, 6) is 2.17. The van der Waals surface area contributed by atoms with Crippen LogP contribution in [0.3, 0.4) is 0 Å². The molecule has 0 bridgehead atoms. The maximum atomic E-state index is 4.72. The second-order valence-corrected chi connectivity index (χ2v) is 6.37. The quantitative estimate of drug-likeness (QED) is 0.785. The molecule has 0 N–H and O–H groups in total. The van der Waals surface area contributed by atoms with Crippen LogP contribution in [0.4, 0.5) is 11.4 Å². The Morgan fingerprint density at radius 3 is 1.40 bits per heavy atom. The molecule has 1 aliphatic heterocycles. The van der Waals surface area contributed by atoms with E-state index < -0.39 is 0 Å². The fourth-order valence-corrected chi connectivity index (χ4v) is 3.88. The fourth-order valence-electron chi connectivity index (χ4n) is 1.80. The summed E-state index contributed by atoms with van der Waals surface area (Å²) in [5, 5.41) is 2.05. The standard InChI is InChI=1S/C16H14N2S2/c1-3-7-13(8-4-1)17-15-16(20-12-11-19-15)18-14-9-5-2-6-10-14/h1-10H,11-12H2. The molecule has 2 aromatic rings. The Hall–Kier alpha value is -1.52. The van der Waals surface area contributed by atoms with Crippen molar-refractivity contribution < 1.29 is 0 Å². The summed E-state index contributed by atoms with van der Waals surface area (Å²) in [6.45, 7) is 0. The minimum atomic E-state index is 0.985.